The lowest BCUT2D eigenvalue weighted by Gasteiger charge is -2.10. The lowest BCUT2D eigenvalue weighted by Crippen LogP contribution is -2.11. The van der Waals surface area contributed by atoms with Gasteiger partial charge in [-0.05, 0) is 38.1 Å². The van der Waals surface area contributed by atoms with Crippen LogP contribution < -0.4 is 5.32 Å². The van der Waals surface area contributed by atoms with Gasteiger partial charge in [-0.3, -0.25) is 4.98 Å². The summed E-state index contributed by atoms with van der Waals surface area (Å²) in [5.41, 5.74) is 2.28. The molecular weight excluding hydrogens is 254 g/mol. The third-order valence-electron chi connectivity index (χ3n) is 2.69. The molecular formula is C15H17N3O2. The second-order valence-corrected chi connectivity index (χ2v) is 4.24. The Morgan fingerprint density at radius 2 is 2.15 bits per heavy atom. The quantitative estimate of drug-likeness (QED) is 0.847. The van der Waals surface area contributed by atoms with Crippen molar-refractivity contribution in [3.05, 3.63) is 53.5 Å². The molecule has 0 saturated heterocycles. The van der Waals surface area contributed by atoms with Crippen LogP contribution in [0.25, 0.3) is 0 Å². The molecule has 5 nitrogen and oxygen atoms in total. The zero-order valence-electron chi connectivity index (χ0n) is 11.6. The van der Waals surface area contributed by atoms with Gasteiger partial charge in [-0.25, -0.2) is 9.78 Å². The fraction of sp³-hybridized carbons (Fsp3) is 0.267. The van der Waals surface area contributed by atoms with E-state index in [0.29, 0.717) is 24.5 Å². The van der Waals surface area contributed by atoms with E-state index >= 15 is 0 Å². The third kappa shape index (κ3) is 3.54. The molecule has 2 aromatic rings. The minimum absolute atomic E-state index is 0.340. The summed E-state index contributed by atoms with van der Waals surface area (Å²) in [4.78, 5) is 20.4. The number of nitrogens with zero attached hydrogens (tertiary/aromatic N) is 2. The van der Waals surface area contributed by atoms with Gasteiger partial charge in [0.05, 0.1) is 18.8 Å². The molecule has 0 aliphatic carbocycles. The maximum absolute atomic E-state index is 11.8. The Morgan fingerprint density at radius 1 is 1.30 bits per heavy atom. The fourth-order valence-corrected chi connectivity index (χ4v) is 1.79. The molecule has 2 heterocycles. The van der Waals surface area contributed by atoms with Gasteiger partial charge in [0.25, 0.3) is 0 Å². The molecule has 0 fully saturated rings. The van der Waals surface area contributed by atoms with E-state index in [0.717, 1.165) is 11.4 Å². The monoisotopic (exact) mass is 271 g/mol. The highest BCUT2D eigenvalue weighted by atomic mass is 16.5. The molecule has 0 unspecified atom stereocenters. The van der Waals surface area contributed by atoms with Gasteiger partial charge in [0, 0.05) is 11.9 Å². The highest BCUT2D eigenvalue weighted by Crippen LogP contribution is 2.14. The van der Waals surface area contributed by atoms with Crippen LogP contribution in [0.4, 0.5) is 5.82 Å². The average Bonchev–Trinajstić information content (AvgIpc) is 2.46. The predicted octanol–water partition coefficient (Wildman–Crippen LogP) is 2.57. The van der Waals surface area contributed by atoms with Crippen molar-refractivity contribution < 1.29 is 9.53 Å². The number of ether oxygens (including phenoxy) is 1. The number of rotatable bonds is 5. The molecule has 2 aromatic heterocycles. The molecule has 5 heteroatoms. The van der Waals surface area contributed by atoms with Crippen molar-refractivity contribution in [2.45, 2.75) is 20.4 Å². The van der Waals surface area contributed by atoms with E-state index in [9.17, 15) is 4.79 Å². The highest BCUT2D eigenvalue weighted by Gasteiger charge is 2.12. The van der Waals surface area contributed by atoms with Crippen LogP contribution in [0.5, 0.6) is 0 Å². The molecule has 0 aliphatic heterocycles. The third-order valence-corrected chi connectivity index (χ3v) is 2.69. The second kappa shape index (κ2) is 6.65. The number of nitrogens with one attached hydrogen (secondary N) is 1. The van der Waals surface area contributed by atoms with Crippen molar-refractivity contribution in [1.29, 1.82) is 0 Å². The maximum atomic E-state index is 11.8. The topological polar surface area (TPSA) is 64.1 Å². The van der Waals surface area contributed by atoms with Crippen LogP contribution in [-0.4, -0.2) is 22.5 Å². The lowest BCUT2D eigenvalue weighted by molar-refractivity contribution is 0.0527. The number of hydrogen-bond acceptors (Lipinski definition) is 5. The van der Waals surface area contributed by atoms with E-state index in [-0.39, 0.29) is 5.97 Å². The number of esters is 1. The van der Waals surface area contributed by atoms with E-state index in [1.807, 2.05) is 25.1 Å². The maximum Gasteiger partial charge on any atom is 0.341 e. The van der Waals surface area contributed by atoms with Crippen molar-refractivity contribution in [1.82, 2.24) is 9.97 Å². The zero-order chi connectivity index (χ0) is 14.4. The Labute approximate surface area is 118 Å². The van der Waals surface area contributed by atoms with Crippen molar-refractivity contribution in [3.8, 4) is 0 Å². The van der Waals surface area contributed by atoms with Gasteiger partial charge >= 0.3 is 5.97 Å². The summed E-state index contributed by atoms with van der Waals surface area (Å²) >= 11 is 0. The molecule has 20 heavy (non-hydrogen) atoms. The summed E-state index contributed by atoms with van der Waals surface area (Å²) in [6.45, 7) is 4.56. The summed E-state index contributed by atoms with van der Waals surface area (Å²) in [6, 6.07) is 9.21. The Balaban J connectivity index is 2.11. The summed E-state index contributed by atoms with van der Waals surface area (Å²) in [7, 11) is 0. The van der Waals surface area contributed by atoms with Crippen molar-refractivity contribution in [2.75, 3.05) is 11.9 Å². The van der Waals surface area contributed by atoms with Crippen LogP contribution in [0.3, 0.4) is 0 Å². The summed E-state index contributed by atoms with van der Waals surface area (Å²) in [6.07, 6.45) is 1.63. The van der Waals surface area contributed by atoms with Crippen molar-refractivity contribution in [3.63, 3.8) is 0 Å². The molecule has 0 spiro atoms. The van der Waals surface area contributed by atoms with E-state index in [1.165, 1.54) is 0 Å². The van der Waals surface area contributed by atoms with Crippen LogP contribution in [-0.2, 0) is 11.3 Å². The lowest BCUT2D eigenvalue weighted by atomic mass is 10.2. The summed E-state index contributed by atoms with van der Waals surface area (Å²) in [5, 5.41) is 3.12. The predicted molar refractivity (Wildman–Crippen MR) is 76.5 cm³/mol. The minimum Gasteiger partial charge on any atom is -0.462 e. The van der Waals surface area contributed by atoms with Crippen LogP contribution in [0.15, 0.2) is 36.5 Å². The molecule has 0 aromatic carbocycles. The standard InChI is InChI=1S/C15H17N3O2/c1-3-20-15(19)13-8-5-9-16-14(13)17-10-12-7-4-6-11(2)18-12/h4-9H,3,10H2,1-2H3,(H,16,17). The molecule has 0 radical (unpaired) electrons. The largest absolute Gasteiger partial charge is 0.462 e. The number of aromatic nitrogens is 2. The molecule has 2 rings (SSSR count). The zero-order valence-corrected chi connectivity index (χ0v) is 11.6. The number of carbonyl (C=O) groups is 1. The molecule has 0 saturated carbocycles. The normalized spacial score (nSPS) is 10.1. The smallest absolute Gasteiger partial charge is 0.341 e. The number of aryl methyl sites for hydroxylation is 1. The van der Waals surface area contributed by atoms with Gasteiger partial charge in [0.1, 0.15) is 11.4 Å². The average molecular weight is 271 g/mol. The van der Waals surface area contributed by atoms with Crippen molar-refractivity contribution >= 4 is 11.8 Å². The van der Waals surface area contributed by atoms with Gasteiger partial charge < -0.3 is 10.1 Å². The second-order valence-electron chi connectivity index (χ2n) is 4.24. The fourth-order valence-electron chi connectivity index (χ4n) is 1.79. The van der Waals surface area contributed by atoms with Gasteiger partial charge in [-0.2, -0.15) is 0 Å². The molecule has 0 atom stereocenters. The Hall–Kier alpha value is -2.43. The summed E-state index contributed by atoms with van der Waals surface area (Å²) < 4.78 is 5.01. The number of carbonyl (C=O) groups excluding carboxylic acids is 1. The highest BCUT2D eigenvalue weighted by molar-refractivity contribution is 5.94. The molecule has 0 bridgehead atoms. The Morgan fingerprint density at radius 3 is 2.90 bits per heavy atom. The van der Waals surface area contributed by atoms with Gasteiger partial charge in [0.2, 0.25) is 0 Å². The van der Waals surface area contributed by atoms with Crippen LogP contribution in [0, 0.1) is 6.92 Å². The summed E-state index contributed by atoms with van der Waals surface area (Å²) in [5.74, 6) is 0.134. The first-order valence-electron chi connectivity index (χ1n) is 6.49. The Kier molecular flexibility index (Phi) is 4.65. The van der Waals surface area contributed by atoms with Crippen LogP contribution in [0.1, 0.15) is 28.7 Å². The minimum atomic E-state index is -0.375. The first kappa shape index (κ1) is 14.0. The number of anilines is 1. The van der Waals surface area contributed by atoms with Crippen molar-refractivity contribution in [2.24, 2.45) is 0 Å². The Bertz CT molecular complexity index is 599. The number of hydrogen-bond donors (Lipinski definition) is 1. The molecule has 0 aliphatic rings. The molecule has 1 N–H and O–H groups in total. The SMILES string of the molecule is CCOC(=O)c1cccnc1NCc1cccc(C)n1. The van der Waals surface area contributed by atoms with Gasteiger partial charge in [0.15, 0.2) is 0 Å². The van der Waals surface area contributed by atoms with Crippen LogP contribution >= 0.6 is 0 Å². The van der Waals surface area contributed by atoms with E-state index < -0.39 is 0 Å². The van der Waals surface area contributed by atoms with E-state index in [2.05, 4.69) is 15.3 Å². The first-order valence-corrected chi connectivity index (χ1v) is 6.49. The number of pyridine rings is 2. The van der Waals surface area contributed by atoms with E-state index in [4.69, 9.17) is 4.74 Å². The van der Waals surface area contributed by atoms with E-state index in [1.54, 1.807) is 25.3 Å². The van der Waals surface area contributed by atoms with Gasteiger partial charge in [-0.15, -0.1) is 0 Å². The first-order chi connectivity index (χ1) is 9.70. The molecule has 104 valence electrons. The van der Waals surface area contributed by atoms with Crippen LogP contribution in [0.2, 0.25) is 0 Å². The van der Waals surface area contributed by atoms with Gasteiger partial charge in [-0.1, -0.05) is 6.07 Å². The molecule has 0 amide bonds.